The van der Waals surface area contributed by atoms with Crippen molar-refractivity contribution in [2.24, 2.45) is 0 Å². The van der Waals surface area contributed by atoms with Gasteiger partial charge in [0.25, 0.3) is 0 Å². The van der Waals surface area contributed by atoms with Crippen molar-refractivity contribution in [2.45, 2.75) is 39.3 Å². The van der Waals surface area contributed by atoms with E-state index in [1.165, 1.54) is 5.56 Å². The Hall–Kier alpha value is -1.55. The van der Waals surface area contributed by atoms with Gasteiger partial charge in [-0.1, -0.05) is 12.1 Å². The lowest BCUT2D eigenvalue weighted by Crippen LogP contribution is -2.39. The van der Waals surface area contributed by atoms with Crippen molar-refractivity contribution in [3.05, 3.63) is 29.3 Å². The molecule has 0 unspecified atom stereocenters. The van der Waals surface area contributed by atoms with Crippen molar-refractivity contribution in [1.29, 1.82) is 0 Å². The van der Waals surface area contributed by atoms with Gasteiger partial charge in [-0.25, -0.2) is 0 Å². The monoisotopic (exact) mass is 262 g/mol. The Labute approximate surface area is 114 Å². The predicted octanol–water partition coefficient (Wildman–Crippen LogP) is 1.97. The molecule has 0 radical (unpaired) electrons. The normalized spacial score (nSPS) is 15.2. The Balaban J connectivity index is 2.00. The molecule has 0 bridgehead atoms. The zero-order valence-corrected chi connectivity index (χ0v) is 11.9. The van der Waals surface area contributed by atoms with E-state index in [4.69, 9.17) is 10.5 Å². The number of ether oxygens (including phenoxy) is 1. The van der Waals surface area contributed by atoms with E-state index in [9.17, 15) is 4.79 Å². The van der Waals surface area contributed by atoms with Crippen LogP contribution in [0, 0.1) is 0 Å². The molecule has 2 N–H and O–H groups in total. The SMILES string of the molecule is CC(C)(C)OCC(=O)N1CCc2c(N)cccc2C1. The lowest BCUT2D eigenvalue weighted by atomic mass is 9.98. The summed E-state index contributed by atoms with van der Waals surface area (Å²) in [6, 6.07) is 5.89. The number of hydrogen-bond donors (Lipinski definition) is 1. The van der Waals surface area contributed by atoms with E-state index in [2.05, 4.69) is 0 Å². The predicted molar refractivity (Wildman–Crippen MR) is 75.7 cm³/mol. The van der Waals surface area contributed by atoms with Crippen LogP contribution in [0.5, 0.6) is 0 Å². The number of anilines is 1. The fourth-order valence-electron chi connectivity index (χ4n) is 2.22. The summed E-state index contributed by atoms with van der Waals surface area (Å²) in [6.45, 7) is 7.34. The van der Waals surface area contributed by atoms with Gasteiger partial charge in [-0.2, -0.15) is 0 Å². The summed E-state index contributed by atoms with van der Waals surface area (Å²) in [5, 5.41) is 0. The van der Waals surface area contributed by atoms with Crippen LogP contribution in [-0.4, -0.2) is 29.6 Å². The van der Waals surface area contributed by atoms with E-state index in [1.807, 2.05) is 43.9 Å². The molecule has 19 heavy (non-hydrogen) atoms. The lowest BCUT2D eigenvalue weighted by Gasteiger charge is -2.30. The average molecular weight is 262 g/mol. The fraction of sp³-hybridized carbons (Fsp3) is 0.533. The third-order valence-corrected chi connectivity index (χ3v) is 3.28. The van der Waals surface area contributed by atoms with Gasteiger partial charge in [0.05, 0.1) is 5.60 Å². The number of benzene rings is 1. The van der Waals surface area contributed by atoms with Gasteiger partial charge in [0.1, 0.15) is 6.61 Å². The number of nitrogens with zero attached hydrogens (tertiary/aromatic N) is 1. The van der Waals surface area contributed by atoms with Gasteiger partial charge in [0.15, 0.2) is 0 Å². The largest absolute Gasteiger partial charge is 0.398 e. The van der Waals surface area contributed by atoms with Gasteiger partial charge in [-0.3, -0.25) is 4.79 Å². The number of hydrogen-bond acceptors (Lipinski definition) is 3. The first kappa shape index (κ1) is 13.9. The van der Waals surface area contributed by atoms with Crippen LogP contribution in [0.3, 0.4) is 0 Å². The van der Waals surface area contributed by atoms with Crippen LogP contribution < -0.4 is 5.73 Å². The molecule has 1 aromatic carbocycles. The van der Waals surface area contributed by atoms with Crippen molar-refractivity contribution in [1.82, 2.24) is 4.90 Å². The molecule has 104 valence electrons. The highest BCUT2D eigenvalue weighted by Gasteiger charge is 2.23. The fourth-order valence-corrected chi connectivity index (χ4v) is 2.22. The first-order valence-corrected chi connectivity index (χ1v) is 6.65. The third kappa shape index (κ3) is 3.47. The Morgan fingerprint density at radius 3 is 2.84 bits per heavy atom. The first-order chi connectivity index (χ1) is 8.87. The van der Waals surface area contributed by atoms with Gasteiger partial charge in [-0.15, -0.1) is 0 Å². The zero-order valence-electron chi connectivity index (χ0n) is 11.9. The van der Waals surface area contributed by atoms with Crippen molar-refractivity contribution >= 4 is 11.6 Å². The smallest absolute Gasteiger partial charge is 0.248 e. The molecule has 0 aliphatic carbocycles. The number of carbonyl (C=O) groups is 1. The number of amides is 1. The minimum absolute atomic E-state index is 0.0444. The van der Waals surface area contributed by atoms with Crippen molar-refractivity contribution in [2.75, 3.05) is 18.9 Å². The molecule has 1 aliphatic rings. The molecular formula is C15H22N2O2. The Kier molecular flexibility index (Phi) is 3.80. The van der Waals surface area contributed by atoms with Crippen LogP contribution in [0.4, 0.5) is 5.69 Å². The lowest BCUT2D eigenvalue weighted by molar-refractivity contribution is -0.141. The van der Waals surface area contributed by atoms with E-state index in [-0.39, 0.29) is 18.1 Å². The van der Waals surface area contributed by atoms with Crippen molar-refractivity contribution < 1.29 is 9.53 Å². The van der Waals surface area contributed by atoms with Gasteiger partial charge in [-0.05, 0) is 44.4 Å². The van der Waals surface area contributed by atoms with Crippen LogP contribution in [0.15, 0.2) is 18.2 Å². The van der Waals surface area contributed by atoms with Crippen molar-refractivity contribution in [3.63, 3.8) is 0 Å². The molecule has 0 fully saturated rings. The van der Waals surface area contributed by atoms with Crippen LogP contribution in [0.1, 0.15) is 31.9 Å². The van der Waals surface area contributed by atoms with Crippen LogP contribution in [-0.2, 0) is 22.5 Å². The maximum atomic E-state index is 12.1. The Morgan fingerprint density at radius 2 is 2.16 bits per heavy atom. The highest BCUT2D eigenvalue weighted by Crippen LogP contribution is 2.24. The molecule has 0 saturated carbocycles. The third-order valence-electron chi connectivity index (χ3n) is 3.28. The topological polar surface area (TPSA) is 55.6 Å². The van der Waals surface area contributed by atoms with E-state index >= 15 is 0 Å². The summed E-state index contributed by atoms with van der Waals surface area (Å²) in [5.41, 5.74) is 8.83. The molecule has 2 rings (SSSR count). The second-order valence-electron chi connectivity index (χ2n) is 5.95. The zero-order chi connectivity index (χ0) is 14.0. The summed E-state index contributed by atoms with van der Waals surface area (Å²) >= 11 is 0. The summed E-state index contributed by atoms with van der Waals surface area (Å²) < 4.78 is 5.54. The molecule has 0 atom stereocenters. The number of fused-ring (bicyclic) bond motifs is 1. The number of rotatable bonds is 2. The van der Waals surface area contributed by atoms with E-state index in [1.54, 1.807) is 0 Å². The number of nitrogens with two attached hydrogens (primary N) is 1. The maximum absolute atomic E-state index is 12.1. The molecule has 4 nitrogen and oxygen atoms in total. The van der Waals surface area contributed by atoms with Gasteiger partial charge >= 0.3 is 0 Å². The molecule has 4 heteroatoms. The van der Waals surface area contributed by atoms with Crippen LogP contribution in [0.2, 0.25) is 0 Å². The van der Waals surface area contributed by atoms with E-state index in [0.29, 0.717) is 13.1 Å². The second-order valence-corrected chi connectivity index (χ2v) is 5.95. The maximum Gasteiger partial charge on any atom is 0.248 e. The Bertz CT molecular complexity index is 478. The molecular weight excluding hydrogens is 240 g/mol. The van der Waals surface area contributed by atoms with Crippen LogP contribution >= 0.6 is 0 Å². The molecule has 1 amide bonds. The van der Waals surface area contributed by atoms with Gasteiger partial charge in [0, 0.05) is 18.8 Å². The molecule has 0 saturated heterocycles. The quantitative estimate of drug-likeness (QED) is 0.829. The standard InChI is InChI=1S/C15H22N2O2/c1-15(2,3)19-10-14(18)17-8-7-12-11(9-17)5-4-6-13(12)16/h4-6H,7-10,16H2,1-3H3. The average Bonchev–Trinajstić information content (AvgIpc) is 2.35. The second kappa shape index (κ2) is 5.21. The summed E-state index contributed by atoms with van der Waals surface area (Å²) in [6.07, 6.45) is 0.823. The number of nitrogen functional groups attached to an aromatic ring is 1. The molecule has 0 spiro atoms. The highest BCUT2D eigenvalue weighted by molar-refractivity contribution is 5.78. The summed E-state index contributed by atoms with van der Waals surface area (Å²) in [4.78, 5) is 13.9. The minimum atomic E-state index is -0.284. The Morgan fingerprint density at radius 1 is 1.42 bits per heavy atom. The van der Waals surface area contributed by atoms with E-state index < -0.39 is 0 Å². The van der Waals surface area contributed by atoms with Gasteiger partial charge in [0.2, 0.25) is 5.91 Å². The van der Waals surface area contributed by atoms with Gasteiger partial charge < -0.3 is 15.4 Å². The summed E-state index contributed by atoms with van der Waals surface area (Å²) in [5.74, 6) is 0.0444. The first-order valence-electron chi connectivity index (χ1n) is 6.65. The molecule has 1 aliphatic heterocycles. The highest BCUT2D eigenvalue weighted by atomic mass is 16.5. The van der Waals surface area contributed by atoms with E-state index in [0.717, 1.165) is 17.7 Å². The van der Waals surface area contributed by atoms with Crippen LogP contribution in [0.25, 0.3) is 0 Å². The van der Waals surface area contributed by atoms with Crippen molar-refractivity contribution in [3.8, 4) is 0 Å². The summed E-state index contributed by atoms with van der Waals surface area (Å²) in [7, 11) is 0. The molecule has 1 heterocycles. The minimum Gasteiger partial charge on any atom is -0.398 e. The molecule has 0 aromatic heterocycles. The number of carbonyl (C=O) groups excluding carboxylic acids is 1. The molecule has 1 aromatic rings.